The molecule has 0 saturated heterocycles. The van der Waals surface area contributed by atoms with Gasteiger partial charge in [-0.25, -0.2) is 4.79 Å². The number of ether oxygens (including phenoxy) is 1. The minimum absolute atomic E-state index is 0.0657. The van der Waals surface area contributed by atoms with Crippen molar-refractivity contribution < 1.29 is 9.53 Å². The third-order valence-corrected chi connectivity index (χ3v) is 1.93. The van der Waals surface area contributed by atoms with Gasteiger partial charge in [-0.2, -0.15) is 5.26 Å². The number of anilines is 1. The van der Waals surface area contributed by atoms with Gasteiger partial charge >= 0.3 is 5.97 Å². The van der Waals surface area contributed by atoms with Crippen LogP contribution in [0.15, 0.2) is 36.0 Å². The molecule has 82 valence electrons. The number of nitrogens with one attached hydrogen (secondary N) is 1. The van der Waals surface area contributed by atoms with Gasteiger partial charge in [-0.1, -0.05) is 12.1 Å². The summed E-state index contributed by atoms with van der Waals surface area (Å²) in [7, 11) is 1.24. The zero-order valence-corrected chi connectivity index (χ0v) is 9.15. The third-order valence-electron chi connectivity index (χ3n) is 1.93. The smallest absolute Gasteiger partial charge is 0.350 e. The van der Waals surface area contributed by atoms with Crippen LogP contribution in [-0.2, 0) is 9.53 Å². The van der Waals surface area contributed by atoms with Crippen molar-refractivity contribution in [3.8, 4) is 6.07 Å². The molecular weight excluding hydrogens is 204 g/mol. The Hall–Kier alpha value is -2.28. The lowest BCUT2D eigenvalue weighted by atomic mass is 10.2. The second-order valence-corrected chi connectivity index (χ2v) is 3.18. The van der Waals surface area contributed by atoms with Crippen molar-refractivity contribution in [2.75, 3.05) is 12.4 Å². The molecule has 1 aromatic carbocycles. The number of rotatable bonds is 3. The number of esters is 1. The lowest BCUT2D eigenvalue weighted by molar-refractivity contribution is -0.135. The highest BCUT2D eigenvalue weighted by Crippen LogP contribution is 2.10. The fourth-order valence-corrected chi connectivity index (χ4v) is 1.14. The van der Waals surface area contributed by atoms with E-state index in [1.807, 2.05) is 31.2 Å². The molecule has 0 amide bonds. The summed E-state index contributed by atoms with van der Waals surface area (Å²) in [6, 6.07) is 9.35. The van der Waals surface area contributed by atoms with Crippen LogP contribution in [0.3, 0.4) is 0 Å². The number of nitriles is 1. The molecular formula is C12H12N2O2. The topological polar surface area (TPSA) is 62.1 Å². The first-order valence-corrected chi connectivity index (χ1v) is 4.69. The van der Waals surface area contributed by atoms with Crippen LogP contribution in [0.4, 0.5) is 5.69 Å². The summed E-state index contributed by atoms with van der Waals surface area (Å²) in [5, 5.41) is 11.6. The van der Waals surface area contributed by atoms with Crippen molar-refractivity contribution in [3.05, 3.63) is 41.6 Å². The van der Waals surface area contributed by atoms with E-state index in [9.17, 15) is 4.79 Å². The van der Waals surface area contributed by atoms with Crippen LogP contribution in [0.25, 0.3) is 0 Å². The van der Waals surface area contributed by atoms with Gasteiger partial charge < -0.3 is 10.1 Å². The number of carbonyl (C=O) groups is 1. The molecule has 4 nitrogen and oxygen atoms in total. The zero-order chi connectivity index (χ0) is 12.0. The van der Waals surface area contributed by atoms with Gasteiger partial charge in [0.1, 0.15) is 6.07 Å². The van der Waals surface area contributed by atoms with Crippen molar-refractivity contribution >= 4 is 11.7 Å². The van der Waals surface area contributed by atoms with E-state index < -0.39 is 5.97 Å². The monoisotopic (exact) mass is 216 g/mol. The van der Waals surface area contributed by atoms with Crippen LogP contribution in [0.5, 0.6) is 0 Å². The fraction of sp³-hybridized carbons (Fsp3) is 0.167. The second kappa shape index (κ2) is 5.56. The molecule has 0 spiro atoms. The van der Waals surface area contributed by atoms with Crippen molar-refractivity contribution in [3.63, 3.8) is 0 Å². The number of carbonyl (C=O) groups excluding carboxylic acids is 1. The summed E-state index contributed by atoms with van der Waals surface area (Å²) in [5.74, 6) is -0.650. The van der Waals surface area contributed by atoms with Crippen LogP contribution in [0.2, 0.25) is 0 Å². The Morgan fingerprint density at radius 2 is 2.31 bits per heavy atom. The highest BCUT2D eigenvalue weighted by molar-refractivity contribution is 5.92. The summed E-state index contributed by atoms with van der Waals surface area (Å²) < 4.78 is 4.45. The first-order valence-electron chi connectivity index (χ1n) is 4.69. The quantitative estimate of drug-likeness (QED) is 0.477. The molecule has 0 aromatic heterocycles. The van der Waals surface area contributed by atoms with Crippen LogP contribution >= 0.6 is 0 Å². The van der Waals surface area contributed by atoms with Crippen molar-refractivity contribution in [1.82, 2.24) is 0 Å². The van der Waals surface area contributed by atoms with E-state index in [1.165, 1.54) is 13.3 Å². The normalized spacial score (nSPS) is 10.4. The maximum atomic E-state index is 11.1. The number of nitrogens with zero attached hydrogens (tertiary/aromatic N) is 1. The Labute approximate surface area is 94.1 Å². The summed E-state index contributed by atoms with van der Waals surface area (Å²) in [6.07, 6.45) is 1.33. The van der Waals surface area contributed by atoms with E-state index in [0.29, 0.717) is 0 Å². The molecule has 0 heterocycles. The molecule has 0 saturated carbocycles. The maximum absolute atomic E-state index is 11.1. The molecule has 1 rings (SSSR count). The van der Waals surface area contributed by atoms with E-state index in [1.54, 1.807) is 6.07 Å². The predicted octanol–water partition coefficient (Wildman–Crippen LogP) is 1.99. The van der Waals surface area contributed by atoms with E-state index in [0.717, 1.165) is 11.3 Å². The summed E-state index contributed by atoms with van der Waals surface area (Å²) in [5.41, 5.74) is 1.84. The molecule has 4 heteroatoms. The summed E-state index contributed by atoms with van der Waals surface area (Å²) in [4.78, 5) is 11.1. The highest BCUT2D eigenvalue weighted by Gasteiger charge is 2.07. The van der Waals surface area contributed by atoms with E-state index in [-0.39, 0.29) is 5.57 Å². The van der Waals surface area contributed by atoms with E-state index in [2.05, 4.69) is 10.1 Å². The lowest BCUT2D eigenvalue weighted by Crippen LogP contribution is -2.05. The average Bonchev–Trinajstić information content (AvgIpc) is 2.29. The van der Waals surface area contributed by atoms with Gasteiger partial charge in [-0.05, 0) is 24.6 Å². The van der Waals surface area contributed by atoms with Crippen LogP contribution in [0.1, 0.15) is 5.56 Å². The van der Waals surface area contributed by atoms with Crippen molar-refractivity contribution in [1.29, 1.82) is 5.26 Å². The second-order valence-electron chi connectivity index (χ2n) is 3.18. The van der Waals surface area contributed by atoms with Crippen LogP contribution in [-0.4, -0.2) is 13.1 Å². The minimum Gasteiger partial charge on any atom is -0.465 e. The molecule has 0 fully saturated rings. The molecule has 0 atom stereocenters. The lowest BCUT2D eigenvalue weighted by Gasteiger charge is -2.02. The maximum Gasteiger partial charge on any atom is 0.350 e. The summed E-state index contributed by atoms with van der Waals surface area (Å²) in [6.45, 7) is 1.96. The molecule has 0 aliphatic rings. The van der Waals surface area contributed by atoms with E-state index in [4.69, 9.17) is 5.26 Å². The molecule has 0 aliphatic heterocycles. The summed E-state index contributed by atoms with van der Waals surface area (Å²) >= 11 is 0. The van der Waals surface area contributed by atoms with Crippen LogP contribution in [0, 0.1) is 18.3 Å². The zero-order valence-electron chi connectivity index (χ0n) is 9.15. The number of hydrogen-bond acceptors (Lipinski definition) is 4. The van der Waals surface area contributed by atoms with Gasteiger partial charge in [0, 0.05) is 11.9 Å². The molecule has 0 aliphatic carbocycles. The van der Waals surface area contributed by atoms with Gasteiger partial charge in [0.25, 0.3) is 0 Å². The van der Waals surface area contributed by atoms with Gasteiger partial charge in [-0.3, -0.25) is 0 Å². The number of aryl methyl sites for hydroxylation is 1. The largest absolute Gasteiger partial charge is 0.465 e. The van der Waals surface area contributed by atoms with Gasteiger partial charge in [0.2, 0.25) is 0 Å². The first-order chi connectivity index (χ1) is 7.67. The van der Waals surface area contributed by atoms with Gasteiger partial charge in [0.15, 0.2) is 5.57 Å². The number of methoxy groups -OCH3 is 1. The van der Waals surface area contributed by atoms with Crippen molar-refractivity contribution in [2.45, 2.75) is 6.92 Å². The Morgan fingerprint density at radius 3 is 2.88 bits per heavy atom. The Bertz CT molecular complexity index is 458. The van der Waals surface area contributed by atoms with E-state index >= 15 is 0 Å². The molecule has 0 unspecified atom stereocenters. The Balaban J connectivity index is 2.79. The predicted molar refractivity (Wildman–Crippen MR) is 60.5 cm³/mol. The van der Waals surface area contributed by atoms with Crippen LogP contribution < -0.4 is 5.32 Å². The standard InChI is InChI=1S/C12H12N2O2/c1-9-4-3-5-11(6-9)14-8-10(7-13)12(15)16-2/h3-6,8,14H,1-2H3/b10-8+. The number of benzene rings is 1. The first kappa shape index (κ1) is 11.8. The average molecular weight is 216 g/mol. The third kappa shape index (κ3) is 3.14. The van der Waals surface area contributed by atoms with Gasteiger partial charge in [-0.15, -0.1) is 0 Å². The van der Waals surface area contributed by atoms with Crippen molar-refractivity contribution in [2.24, 2.45) is 0 Å². The molecule has 0 radical (unpaired) electrons. The molecule has 0 bridgehead atoms. The highest BCUT2D eigenvalue weighted by atomic mass is 16.5. The SMILES string of the molecule is COC(=O)/C(C#N)=C/Nc1cccc(C)c1. The minimum atomic E-state index is -0.650. The molecule has 16 heavy (non-hydrogen) atoms. The number of hydrogen-bond donors (Lipinski definition) is 1. The van der Waals surface area contributed by atoms with Gasteiger partial charge in [0.05, 0.1) is 7.11 Å². The molecule has 1 N–H and O–H groups in total. The Kier molecular flexibility index (Phi) is 4.10. The Morgan fingerprint density at radius 1 is 1.56 bits per heavy atom. The fourth-order valence-electron chi connectivity index (χ4n) is 1.14. The molecule has 1 aromatic rings.